The molecule has 2 rings (SSSR count). The van der Waals surface area contributed by atoms with E-state index in [2.05, 4.69) is 9.97 Å². The summed E-state index contributed by atoms with van der Waals surface area (Å²) < 4.78 is 5.04. The molecule has 19 heavy (non-hydrogen) atoms. The number of ether oxygens (including phenoxy) is 1. The predicted octanol–water partition coefficient (Wildman–Crippen LogP) is 3.11. The number of carbonyl (C=O) groups is 1. The van der Waals surface area contributed by atoms with Gasteiger partial charge in [0.25, 0.3) is 0 Å². The third-order valence-corrected chi connectivity index (χ3v) is 3.52. The van der Waals surface area contributed by atoms with Gasteiger partial charge in [-0.2, -0.15) is 0 Å². The topological polar surface area (TPSA) is 52.1 Å². The summed E-state index contributed by atoms with van der Waals surface area (Å²) in [6.07, 6.45) is 3.29. The molecule has 0 saturated carbocycles. The van der Waals surface area contributed by atoms with E-state index in [9.17, 15) is 4.79 Å². The highest BCUT2D eigenvalue weighted by molar-refractivity contribution is 7.99. The van der Waals surface area contributed by atoms with Crippen molar-refractivity contribution >= 4 is 29.1 Å². The van der Waals surface area contributed by atoms with E-state index in [1.165, 1.54) is 18.9 Å². The molecule has 0 amide bonds. The fourth-order valence-corrected chi connectivity index (χ4v) is 2.37. The van der Waals surface area contributed by atoms with Gasteiger partial charge in [0, 0.05) is 18.0 Å². The smallest absolute Gasteiger partial charge is 0.187 e. The van der Waals surface area contributed by atoms with Crippen LogP contribution >= 0.6 is 23.4 Å². The number of aromatic nitrogens is 2. The molecule has 1 heterocycles. The normalized spacial score (nSPS) is 10.2. The van der Waals surface area contributed by atoms with Gasteiger partial charge in [-0.05, 0) is 24.3 Å². The number of carbonyl (C=O) groups excluding carboxylic acids is 1. The Hall–Kier alpha value is -1.59. The first kappa shape index (κ1) is 13.8. The molecule has 0 aliphatic rings. The Morgan fingerprint density at radius 3 is 2.74 bits per heavy atom. The number of methoxy groups -OCH3 is 1. The Balaban J connectivity index is 2.02. The van der Waals surface area contributed by atoms with Crippen LogP contribution in [0.4, 0.5) is 0 Å². The van der Waals surface area contributed by atoms with E-state index in [4.69, 9.17) is 16.3 Å². The lowest BCUT2D eigenvalue weighted by Gasteiger charge is -2.05. The minimum absolute atomic E-state index is 0.0259. The van der Waals surface area contributed by atoms with Crippen LogP contribution in [-0.4, -0.2) is 28.6 Å². The molecule has 0 radical (unpaired) electrons. The molecular weight excluding hydrogens is 284 g/mol. The molecule has 0 unspecified atom stereocenters. The molecule has 0 spiro atoms. The molecule has 0 bridgehead atoms. The zero-order valence-corrected chi connectivity index (χ0v) is 11.7. The number of thioether (sulfide) groups is 1. The lowest BCUT2D eigenvalue weighted by molar-refractivity contribution is 0.102. The van der Waals surface area contributed by atoms with E-state index in [-0.39, 0.29) is 11.5 Å². The number of ketones is 1. The minimum atomic E-state index is -0.0259. The van der Waals surface area contributed by atoms with Crippen LogP contribution in [0, 0.1) is 0 Å². The minimum Gasteiger partial charge on any atom is -0.495 e. The number of nitrogens with zero attached hydrogens (tertiary/aromatic N) is 2. The summed E-state index contributed by atoms with van der Waals surface area (Å²) in [5.41, 5.74) is 0.550. The van der Waals surface area contributed by atoms with E-state index in [1.807, 2.05) is 0 Å². The maximum atomic E-state index is 12.0. The van der Waals surface area contributed by atoms with Crippen LogP contribution in [0.15, 0.2) is 41.8 Å². The lowest BCUT2D eigenvalue weighted by Crippen LogP contribution is -2.03. The Bertz CT molecular complexity index is 578. The van der Waals surface area contributed by atoms with Crippen molar-refractivity contribution in [3.8, 4) is 5.75 Å². The molecule has 0 fully saturated rings. The Morgan fingerprint density at radius 2 is 2.11 bits per heavy atom. The van der Waals surface area contributed by atoms with Crippen molar-refractivity contribution in [2.24, 2.45) is 0 Å². The lowest BCUT2D eigenvalue weighted by atomic mass is 10.1. The molecule has 6 heteroatoms. The van der Waals surface area contributed by atoms with Gasteiger partial charge in [-0.3, -0.25) is 4.79 Å². The van der Waals surface area contributed by atoms with Crippen molar-refractivity contribution in [3.63, 3.8) is 0 Å². The quantitative estimate of drug-likeness (QED) is 0.482. The first-order valence-corrected chi connectivity index (χ1v) is 6.83. The molecule has 98 valence electrons. The van der Waals surface area contributed by atoms with Crippen LogP contribution in [0.1, 0.15) is 10.4 Å². The highest BCUT2D eigenvalue weighted by Crippen LogP contribution is 2.25. The number of rotatable bonds is 5. The maximum absolute atomic E-state index is 12.0. The number of halogens is 1. The predicted molar refractivity (Wildman–Crippen MR) is 75.1 cm³/mol. The van der Waals surface area contributed by atoms with Crippen molar-refractivity contribution < 1.29 is 9.53 Å². The van der Waals surface area contributed by atoms with Crippen LogP contribution in [0.25, 0.3) is 0 Å². The van der Waals surface area contributed by atoms with Crippen molar-refractivity contribution in [2.45, 2.75) is 5.16 Å². The van der Waals surface area contributed by atoms with E-state index >= 15 is 0 Å². The molecule has 0 saturated heterocycles. The van der Waals surface area contributed by atoms with Gasteiger partial charge in [0.15, 0.2) is 10.9 Å². The molecule has 1 aromatic heterocycles. The second-order valence-corrected chi connectivity index (χ2v) is 4.94. The second-order valence-electron chi connectivity index (χ2n) is 3.59. The highest BCUT2D eigenvalue weighted by Gasteiger charge is 2.10. The summed E-state index contributed by atoms with van der Waals surface area (Å²) in [6.45, 7) is 0. The molecule has 0 N–H and O–H groups in total. The summed E-state index contributed by atoms with van der Waals surface area (Å²) in [4.78, 5) is 20.1. The third kappa shape index (κ3) is 3.68. The van der Waals surface area contributed by atoms with E-state index in [1.54, 1.807) is 36.7 Å². The van der Waals surface area contributed by atoms with Gasteiger partial charge in [0.2, 0.25) is 0 Å². The van der Waals surface area contributed by atoms with Gasteiger partial charge in [-0.15, -0.1) is 0 Å². The standard InChI is InChI=1S/C13H11ClN2O2S/c1-18-12-4-3-9(7-10(12)14)11(17)8-19-13-15-5-2-6-16-13/h2-7H,8H2,1H3. The fourth-order valence-electron chi connectivity index (χ4n) is 1.41. The van der Waals surface area contributed by atoms with Crippen LogP contribution in [-0.2, 0) is 0 Å². The van der Waals surface area contributed by atoms with Crippen molar-refractivity contribution in [1.29, 1.82) is 0 Å². The first-order chi connectivity index (χ1) is 9.20. The van der Waals surface area contributed by atoms with E-state index in [0.29, 0.717) is 21.5 Å². The summed E-state index contributed by atoms with van der Waals surface area (Å²) in [7, 11) is 1.53. The van der Waals surface area contributed by atoms with Gasteiger partial charge in [0.05, 0.1) is 17.9 Å². The Kier molecular flexibility index (Phi) is 4.76. The average molecular weight is 295 g/mol. The van der Waals surface area contributed by atoms with Gasteiger partial charge in [-0.1, -0.05) is 23.4 Å². The van der Waals surface area contributed by atoms with Gasteiger partial charge >= 0.3 is 0 Å². The summed E-state index contributed by atoms with van der Waals surface area (Å²) in [6, 6.07) is 6.71. The SMILES string of the molecule is COc1ccc(C(=O)CSc2ncccn2)cc1Cl. The molecule has 2 aromatic rings. The fraction of sp³-hybridized carbons (Fsp3) is 0.154. The Morgan fingerprint density at radius 1 is 1.37 bits per heavy atom. The number of hydrogen-bond acceptors (Lipinski definition) is 5. The van der Waals surface area contributed by atoms with Crippen molar-refractivity contribution in [2.75, 3.05) is 12.9 Å². The van der Waals surface area contributed by atoms with Crippen LogP contribution < -0.4 is 4.74 Å². The Labute approximate surface area is 120 Å². The first-order valence-electron chi connectivity index (χ1n) is 5.47. The third-order valence-electron chi connectivity index (χ3n) is 2.35. The molecular formula is C13H11ClN2O2S. The largest absolute Gasteiger partial charge is 0.495 e. The summed E-state index contributed by atoms with van der Waals surface area (Å²) >= 11 is 7.28. The zero-order valence-electron chi connectivity index (χ0n) is 10.2. The highest BCUT2D eigenvalue weighted by atomic mass is 35.5. The van der Waals surface area contributed by atoms with Gasteiger partial charge < -0.3 is 4.74 Å². The molecule has 1 aromatic carbocycles. The van der Waals surface area contributed by atoms with Crippen molar-refractivity contribution in [1.82, 2.24) is 9.97 Å². The van der Waals surface area contributed by atoms with E-state index < -0.39 is 0 Å². The number of benzene rings is 1. The summed E-state index contributed by atoms with van der Waals surface area (Å²) in [5, 5.41) is 1.00. The monoisotopic (exact) mass is 294 g/mol. The maximum Gasteiger partial charge on any atom is 0.187 e. The molecule has 0 atom stereocenters. The van der Waals surface area contributed by atoms with Gasteiger partial charge in [0.1, 0.15) is 5.75 Å². The molecule has 0 aliphatic heterocycles. The number of Topliss-reactive ketones (excluding diaryl/α,β-unsaturated/α-hetero) is 1. The zero-order chi connectivity index (χ0) is 13.7. The summed E-state index contributed by atoms with van der Waals surface area (Å²) in [5.74, 6) is 0.798. The molecule has 4 nitrogen and oxygen atoms in total. The van der Waals surface area contributed by atoms with Crippen LogP contribution in [0.3, 0.4) is 0 Å². The average Bonchev–Trinajstić information content (AvgIpc) is 2.45. The second kappa shape index (κ2) is 6.54. The molecule has 0 aliphatic carbocycles. The van der Waals surface area contributed by atoms with Crippen molar-refractivity contribution in [3.05, 3.63) is 47.2 Å². The van der Waals surface area contributed by atoms with Crippen LogP contribution in [0.5, 0.6) is 5.75 Å². The number of hydrogen-bond donors (Lipinski definition) is 0. The van der Waals surface area contributed by atoms with E-state index in [0.717, 1.165) is 0 Å². The van der Waals surface area contributed by atoms with Crippen LogP contribution in [0.2, 0.25) is 5.02 Å². The van der Waals surface area contributed by atoms with Gasteiger partial charge in [-0.25, -0.2) is 9.97 Å².